The third-order valence-corrected chi connectivity index (χ3v) is 5.92. The van der Waals surface area contributed by atoms with E-state index in [1.54, 1.807) is 6.07 Å². The summed E-state index contributed by atoms with van der Waals surface area (Å²) in [6.07, 6.45) is 2.89. The van der Waals surface area contributed by atoms with Gasteiger partial charge in [-0.2, -0.15) is 0 Å². The fraction of sp³-hybridized carbons (Fsp3) is 0.417. The number of piperidine rings is 1. The Morgan fingerprint density at radius 1 is 1.28 bits per heavy atom. The molecule has 0 spiro atoms. The number of nitrogens with zero attached hydrogens (tertiary/aromatic N) is 2. The molecule has 1 amide bonds. The maximum atomic E-state index is 13.4. The minimum Gasteiger partial charge on any atom is -0.493 e. The molecule has 0 aliphatic carbocycles. The molecule has 0 unspecified atom stereocenters. The van der Waals surface area contributed by atoms with E-state index in [0.29, 0.717) is 36.1 Å². The zero-order valence-corrected chi connectivity index (χ0v) is 18.3. The molecule has 0 atom stereocenters. The number of benzene rings is 2. The van der Waals surface area contributed by atoms with Gasteiger partial charge in [0.2, 0.25) is 5.91 Å². The molecule has 0 radical (unpaired) electrons. The number of rotatable bonds is 8. The van der Waals surface area contributed by atoms with Gasteiger partial charge in [-0.25, -0.2) is 4.39 Å². The van der Waals surface area contributed by atoms with E-state index in [0.717, 1.165) is 55.5 Å². The number of halogens is 1. The highest BCUT2D eigenvalue weighted by molar-refractivity contribution is 5.88. The molecule has 170 valence electrons. The molecule has 8 heteroatoms. The van der Waals surface area contributed by atoms with Crippen LogP contribution in [0.25, 0.3) is 11.0 Å². The van der Waals surface area contributed by atoms with Crippen molar-refractivity contribution < 1.29 is 18.4 Å². The van der Waals surface area contributed by atoms with Gasteiger partial charge in [-0.1, -0.05) is 11.2 Å². The van der Waals surface area contributed by atoms with Gasteiger partial charge < -0.3 is 25.2 Å². The second-order valence-electron chi connectivity index (χ2n) is 8.23. The second kappa shape index (κ2) is 10.1. The Morgan fingerprint density at radius 3 is 2.84 bits per heavy atom. The highest BCUT2D eigenvalue weighted by Crippen LogP contribution is 2.32. The Kier molecular flexibility index (Phi) is 7.02. The molecular weight excluding hydrogens is 411 g/mol. The summed E-state index contributed by atoms with van der Waals surface area (Å²) in [6.45, 7) is 5.34. The first-order chi connectivity index (χ1) is 15.5. The number of hydrogen-bond donors (Lipinski definition) is 2. The predicted molar refractivity (Wildman–Crippen MR) is 121 cm³/mol. The summed E-state index contributed by atoms with van der Waals surface area (Å²) in [5.41, 5.74) is 8.89. The molecule has 1 fully saturated rings. The molecule has 0 saturated carbocycles. The summed E-state index contributed by atoms with van der Waals surface area (Å²) in [5.74, 6) is 0.618. The average Bonchev–Trinajstić information content (AvgIpc) is 3.20. The monoisotopic (exact) mass is 440 g/mol. The Labute approximate surface area is 186 Å². The lowest BCUT2D eigenvalue weighted by Gasteiger charge is -2.31. The van der Waals surface area contributed by atoms with Crippen LogP contribution in [0.4, 0.5) is 10.1 Å². The molecule has 4 rings (SSSR count). The molecule has 2 heterocycles. The molecule has 1 aromatic heterocycles. The van der Waals surface area contributed by atoms with Crippen LogP contribution in [0.2, 0.25) is 0 Å². The van der Waals surface area contributed by atoms with Crippen LogP contribution in [0, 0.1) is 5.82 Å². The highest BCUT2D eigenvalue weighted by Gasteiger charge is 2.25. The quantitative estimate of drug-likeness (QED) is 0.514. The largest absolute Gasteiger partial charge is 0.493 e. The fourth-order valence-electron chi connectivity index (χ4n) is 4.26. The predicted octanol–water partition coefficient (Wildman–Crippen LogP) is 4.03. The molecule has 2 aromatic carbocycles. The van der Waals surface area contributed by atoms with Gasteiger partial charge >= 0.3 is 0 Å². The normalized spacial score (nSPS) is 15.2. The minimum absolute atomic E-state index is 0.120. The average molecular weight is 441 g/mol. The number of anilines is 1. The molecule has 1 saturated heterocycles. The van der Waals surface area contributed by atoms with Crippen molar-refractivity contribution in [3.05, 3.63) is 53.5 Å². The van der Waals surface area contributed by atoms with Gasteiger partial charge in [0, 0.05) is 54.7 Å². The van der Waals surface area contributed by atoms with Gasteiger partial charge in [0.05, 0.1) is 12.3 Å². The van der Waals surface area contributed by atoms with Gasteiger partial charge in [-0.15, -0.1) is 0 Å². The molecule has 1 aliphatic rings. The zero-order valence-electron chi connectivity index (χ0n) is 18.3. The highest BCUT2D eigenvalue weighted by atomic mass is 19.1. The van der Waals surface area contributed by atoms with Crippen molar-refractivity contribution in [3.8, 4) is 5.75 Å². The first-order valence-electron chi connectivity index (χ1n) is 11.0. The lowest BCUT2D eigenvalue weighted by Crippen LogP contribution is -2.34. The van der Waals surface area contributed by atoms with Crippen molar-refractivity contribution in [2.24, 2.45) is 5.73 Å². The third kappa shape index (κ3) is 5.26. The number of fused-ring (bicyclic) bond motifs is 1. The summed E-state index contributed by atoms with van der Waals surface area (Å²) >= 11 is 0. The standard InChI is InChI=1S/C24H29FN4O3/c1-16(30)27-20-5-3-18(15-26)22(14-20)31-12-2-9-29-10-7-17(8-11-29)24-21-6-4-19(25)13-23(21)32-28-24/h3-6,13-14,17H,2,7-12,15,26H2,1H3,(H,27,30). The van der Waals surface area contributed by atoms with E-state index in [9.17, 15) is 9.18 Å². The lowest BCUT2D eigenvalue weighted by molar-refractivity contribution is -0.114. The number of amides is 1. The number of likely N-dealkylation sites (tertiary alicyclic amines) is 1. The summed E-state index contributed by atoms with van der Waals surface area (Å²) in [7, 11) is 0. The SMILES string of the molecule is CC(=O)Nc1ccc(CN)c(OCCCN2CCC(c3noc4cc(F)ccc34)CC2)c1. The van der Waals surface area contributed by atoms with Crippen molar-refractivity contribution in [2.45, 2.75) is 38.6 Å². The summed E-state index contributed by atoms with van der Waals surface area (Å²) < 4.78 is 24.7. The van der Waals surface area contributed by atoms with Crippen molar-refractivity contribution in [1.29, 1.82) is 0 Å². The third-order valence-electron chi connectivity index (χ3n) is 5.92. The van der Waals surface area contributed by atoms with E-state index in [1.807, 2.05) is 18.2 Å². The van der Waals surface area contributed by atoms with Crippen LogP contribution in [0.15, 0.2) is 40.9 Å². The summed E-state index contributed by atoms with van der Waals surface area (Å²) in [6, 6.07) is 10.1. The van der Waals surface area contributed by atoms with E-state index in [1.165, 1.54) is 19.1 Å². The molecule has 32 heavy (non-hydrogen) atoms. The number of hydrogen-bond acceptors (Lipinski definition) is 6. The maximum absolute atomic E-state index is 13.4. The maximum Gasteiger partial charge on any atom is 0.221 e. The van der Waals surface area contributed by atoms with Crippen LogP contribution in [0.3, 0.4) is 0 Å². The van der Waals surface area contributed by atoms with Crippen LogP contribution >= 0.6 is 0 Å². The van der Waals surface area contributed by atoms with Gasteiger partial charge in [0.25, 0.3) is 0 Å². The number of nitrogens with two attached hydrogens (primary N) is 1. The minimum atomic E-state index is -0.308. The first kappa shape index (κ1) is 22.2. The summed E-state index contributed by atoms with van der Waals surface area (Å²) in [4.78, 5) is 13.7. The molecular formula is C24H29FN4O3. The van der Waals surface area contributed by atoms with Crippen LogP contribution in [0.1, 0.15) is 43.4 Å². The topological polar surface area (TPSA) is 93.6 Å². The molecule has 1 aliphatic heterocycles. The number of ether oxygens (including phenoxy) is 1. The van der Waals surface area contributed by atoms with Crippen molar-refractivity contribution >= 4 is 22.6 Å². The second-order valence-corrected chi connectivity index (χ2v) is 8.23. The lowest BCUT2D eigenvalue weighted by atomic mass is 9.91. The Balaban J connectivity index is 1.25. The van der Waals surface area contributed by atoms with Crippen LogP contribution < -0.4 is 15.8 Å². The van der Waals surface area contributed by atoms with E-state index >= 15 is 0 Å². The molecule has 3 N–H and O–H groups in total. The molecule has 0 bridgehead atoms. The van der Waals surface area contributed by atoms with Gasteiger partial charge in [-0.05, 0) is 50.6 Å². The van der Waals surface area contributed by atoms with Crippen LogP contribution in [-0.2, 0) is 11.3 Å². The first-order valence-corrected chi connectivity index (χ1v) is 11.0. The molecule has 3 aromatic rings. The Bertz CT molecular complexity index is 1080. The van der Waals surface area contributed by atoms with Crippen molar-refractivity contribution in [1.82, 2.24) is 10.1 Å². The Morgan fingerprint density at radius 2 is 2.09 bits per heavy atom. The number of nitrogens with one attached hydrogen (secondary N) is 1. The molecule has 7 nitrogen and oxygen atoms in total. The van der Waals surface area contributed by atoms with E-state index in [-0.39, 0.29) is 11.7 Å². The number of aromatic nitrogens is 1. The zero-order chi connectivity index (χ0) is 22.5. The number of carbonyl (C=O) groups excluding carboxylic acids is 1. The smallest absolute Gasteiger partial charge is 0.221 e. The van der Waals surface area contributed by atoms with Gasteiger partial charge in [-0.3, -0.25) is 4.79 Å². The van der Waals surface area contributed by atoms with Crippen LogP contribution in [-0.4, -0.2) is 42.2 Å². The number of carbonyl (C=O) groups is 1. The van der Waals surface area contributed by atoms with Gasteiger partial charge in [0.1, 0.15) is 11.6 Å². The van der Waals surface area contributed by atoms with Crippen molar-refractivity contribution in [3.63, 3.8) is 0 Å². The van der Waals surface area contributed by atoms with Gasteiger partial charge in [0.15, 0.2) is 5.58 Å². The Hall–Kier alpha value is -2.97. The van der Waals surface area contributed by atoms with Crippen molar-refractivity contribution in [2.75, 3.05) is 31.6 Å². The fourth-order valence-corrected chi connectivity index (χ4v) is 4.26. The van der Waals surface area contributed by atoms with E-state index < -0.39 is 0 Å². The summed E-state index contributed by atoms with van der Waals surface area (Å²) in [5, 5.41) is 7.90. The van der Waals surface area contributed by atoms with E-state index in [2.05, 4.69) is 15.4 Å². The van der Waals surface area contributed by atoms with Crippen LogP contribution in [0.5, 0.6) is 5.75 Å². The van der Waals surface area contributed by atoms with E-state index in [4.69, 9.17) is 15.0 Å².